The summed E-state index contributed by atoms with van der Waals surface area (Å²) in [4.78, 5) is 0. The van der Waals surface area contributed by atoms with Crippen molar-refractivity contribution in [3.05, 3.63) is 0 Å². The molecule has 0 aromatic rings. The van der Waals surface area contributed by atoms with Crippen LogP contribution in [0.3, 0.4) is 0 Å². The summed E-state index contributed by atoms with van der Waals surface area (Å²) in [6.45, 7) is 4.30. The summed E-state index contributed by atoms with van der Waals surface area (Å²) < 4.78 is 10.2. The minimum Gasteiger partial charge on any atom is -0.394 e. The molecule has 9 atom stereocenters. The molecule has 8 N–H and O–H groups in total. The van der Waals surface area contributed by atoms with E-state index in [1.165, 1.54) is 0 Å². The van der Waals surface area contributed by atoms with Crippen molar-refractivity contribution in [1.82, 2.24) is 0 Å². The second-order valence-corrected chi connectivity index (χ2v) is 7.91. The molecule has 0 aliphatic carbocycles. The van der Waals surface area contributed by atoms with Crippen molar-refractivity contribution in [3.63, 3.8) is 0 Å². The minimum atomic E-state index is -1.72. The van der Waals surface area contributed by atoms with Crippen LogP contribution in [-0.2, 0) is 9.47 Å². The van der Waals surface area contributed by atoms with Gasteiger partial charge >= 0.3 is 0 Å². The lowest BCUT2D eigenvalue weighted by Crippen LogP contribution is -2.59. The first kappa shape index (κ1) is 23.6. The SMILES string of the molecule is CC(C)(C)C[C@@H](O)[C@@H](O)[C@H](O)[C@H](O)CO[C@H]1O[C@H](CO)[C@@H](O)[C@H](O)[C@@H]1O. The molecule has 1 rings (SSSR count). The Morgan fingerprint density at radius 3 is 1.92 bits per heavy atom. The zero-order valence-electron chi connectivity index (χ0n) is 15.2. The summed E-state index contributed by atoms with van der Waals surface area (Å²) >= 11 is 0. The highest BCUT2D eigenvalue weighted by atomic mass is 16.7. The summed E-state index contributed by atoms with van der Waals surface area (Å²) in [6.07, 6.45) is -13.5. The Balaban J connectivity index is 2.57. The van der Waals surface area contributed by atoms with Gasteiger partial charge in [-0.3, -0.25) is 0 Å². The molecule has 1 heterocycles. The predicted molar refractivity (Wildman–Crippen MR) is 87.8 cm³/mol. The monoisotopic (exact) mass is 384 g/mol. The summed E-state index contributed by atoms with van der Waals surface area (Å²) in [5, 5.41) is 78.1. The molecule has 0 spiro atoms. The second-order valence-electron chi connectivity index (χ2n) is 7.91. The Morgan fingerprint density at radius 2 is 1.42 bits per heavy atom. The molecular formula is C16H32O10. The molecule has 0 aromatic heterocycles. The summed E-state index contributed by atoms with van der Waals surface area (Å²) in [5.41, 5.74) is -0.308. The molecule has 1 aliphatic heterocycles. The van der Waals surface area contributed by atoms with Crippen molar-refractivity contribution in [2.24, 2.45) is 5.41 Å². The van der Waals surface area contributed by atoms with Crippen molar-refractivity contribution in [3.8, 4) is 0 Å². The molecule has 10 heteroatoms. The van der Waals surface area contributed by atoms with Crippen molar-refractivity contribution >= 4 is 0 Å². The molecule has 1 fully saturated rings. The zero-order chi connectivity index (χ0) is 20.2. The second kappa shape index (κ2) is 9.69. The molecule has 10 nitrogen and oxygen atoms in total. The van der Waals surface area contributed by atoms with E-state index < -0.39 is 68.3 Å². The van der Waals surface area contributed by atoms with Crippen LogP contribution in [0.4, 0.5) is 0 Å². The summed E-state index contributed by atoms with van der Waals surface area (Å²) in [7, 11) is 0. The van der Waals surface area contributed by atoms with Gasteiger partial charge in [-0.05, 0) is 11.8 Å². The first-order valence-corrected chi connectivity index (χ1v) is 8.53. The number of aliphatic hydroxyl groups excluding tert-OH is 8. The highest BCUT2D eigenvalue weighted by Gasteiger charge is 2.44. The highest BCUT2D eigenvalue weighted by Crippen LogP contribution is 2.24. The van der Waals surface area contributed by atoms with Crippen LogP contribution in [0, 0.1) is 5.41 Å². The lowest BCUT2D eigenvalue weighted by atomic mass is 9.86. The highest BCUT2D eigenvalue weighted by molar-refractivity contribution is 4.89. The van der Waals surface area contributed by atoms with Crippen LogP contribution in [0.2, 0.25) is 0 Å². The Kier molecular flexibility index (Phi) is 8.81. The van der Waals surface area contributed by atoms with Crippen LogP contribution in [0.25, 0.3) is 0 Å². The molecule has 26 heavy (non-hydrogen) atoms. The van der Waals surface area contributed by atoms with Gasteiger partial charge in [0.1, 0.15) is 42.7 Å². The molecule has 0 saturated carbocycles. The molecule has 1 aliphatic rings. The van der Waals surface area contributed by atoms with E-state index in [0.29, 0.717) is 0 Å². The minimum absolute atomic E-state index is 0.186. The van der Waals surface area contributed by atoms with Crippen LogP contribution in [-0.4, -0.2) is 109 Å². The van der Waals surface area contributed by atoms with E-state index in [1.807, 2.05) is 20.8 Å². The molecule has 156 valence electrons. The fourth-order valence-corrected chi connectivity index (χ4v) is 2.70. The Hall–Kier alpha value is -0.400. The van der Waals surface area contributed by atoms with E-state index in [1.54, 1.807) is 0 Å². The maximum Gasteiger partial charge on any atom is 0.186 e. The van der Waals surface area contributed by atoms with Crippen molar-refractivity contribution < 1.29 is 50.3 Å². The third kappa shape index (κ3) is 6.34. The Morgan fingerprint density at radius 1 is 0.885 bits per heavy atom. The number of aliphatic hydroxyl groups is 8. The summed E-state index contributed by atoms with van der Waals surface area (Å²) in [5.74, 6) is 0. The number of rotatable bonds is 8. The first-order valence-electron chi connectivity index (χ1n) is 8.53. The maximum absolute atomic E-state index is 9.97. The van der Waals surface area contributed by atoms with Gasteiger partial charge < -0.3 is 50.3 Å². The van der Waals surface area contributed by atoms with Crippen molar-refractivity contribution in [1.29, 1.82) is 0 Å². The molecular weight excluding hydrogens is 352 g/mol. The zero-order valence-corrected chi connectivity index (χ0v) is 15.2. The van der Waals surface area contributed by atoms with Crippen LogP contribution < -0.4 is 0 Å². The predicted octanol–water partition coefficient (Wildman–Crippen LogP) is -3.32. The molecule has 0 aromatic carbocycles. The smallest absolute Gasteiger partial charge is 0.186 e. The lowest BCUT2D eigenvalue weighted by molar-refractivity contribution is -0.306. The normalized spacial score (nSPS) is 35.0. The van der Waals surface area contributed by atoms with Gasteiger partial charge in [-0.2, -0.15) is 0 Å². The number of hydrogen-bond acceptors (Lipinski definition) is 10. The van der Waals surface area contributed by atoms with E-state index in [2.05, 4.69) is 0 Å². The van der Waals surface area contributed by atoms with Gasteiger partial charge in [0, 0.05) is 0 Å². The Bertz CT molecular complexity index is 412. The molecule has 1 saturated heterocycles. The van der Waals surface area contributed by atoms with E-state index in [0.717, 1.165) is 0 Å². The fraction of sp³-hybridized carbons (Fsp3) is 1.00. The van der Waals surface area contributed by atoms with E-state index >= 15 is 0 Å². The third-order valence-corrected chi connectivity index (χ3v) is 4.24. The number of ether oxygens (including phenoxy) is 2. The van der Waals surface area contributed by atoms with Crippen LogP contribution in [0.1, 0.15) is 27.2 Å². The van der Waals surface area contributed by atoms with Crippen molar-refractivity contribution in [2.45, 2.75) is 82.3 Å². The van der Waals surface area contributed by atoms with Gasteiger partial charge in [-0.25, -0.2) is 0 Å². The Labute approximate surface area is 152 Å². The third-order valence-electron chi connectivity index (χ3n) is 4.24. The van der Waals surface area contributed by atoms with E-state index in [-0.39, 0.29) is 11.8 Å². The maximum atomic E-state index is 9.97. The van der Waals surface area contributed by atoms with E-state index in [4.69, 9.17) is 14.6 Å². The van der Waals surface area contributed by atoms with Gasteiger partial charge in [0.2, 0.25) is 0 Å². The van der Waals surface area contributed by atoms with Gasteiger partial charge in [0.05, 0.1) is 19.3 Å². The number of hydrogen-bond donors (Lipinski definition) is 8. The van der Waals surface area contributed by atoms with Gasteiger partial charge in [-0.15, -0.1) is 0 Å². The fourth-order valence-electron chi connectivity index (χ4n) is 2.70. The molecule has 0 amide bonds. The van der Waals surface area contributed by atoms with Crippen LogP contribution in [0.15, 0.2) is 0 Å². The standard InChI is InChI=1S/C16H32O10/c1-16(2,3)4-7(18)10(20)11(21)8(19)6-25-15-14(24)13(23)12(22)9(5-17)26-15/h7-15,17-24H,4-6H2,1-3H3/t7-,8-,9-,10-,11-,12-,13+,14+,15+/m1/s1. The van der Waals surface area contributed by atoms with Crippen molar-refractivity contribution in [2.75, 3.05) is 13.2 Å². The average molecular weight is 384 g/mol. The molecule has 0 unspecified atom stereocenters. The van der Waals surface area contributed by atoms with Crippen LogP contribution in [0.5, 0.6) is 0 Å². The first-order chi connectivity index (χ1) is 11.9. The quantitative estimate of drug-likeness (QED) is 0.211. The van der Waals surface area contributed by atoms with E-state index in [9.17, 15) is 35.7 Å². The van der Waals surface area contributed by atoms with Crippen LogP contribution >= 0.6 is 0 Å². The lowest BCUT2D eigenvalue weighted by Gasteiger charge is -2.40. The van der Waals surface area contributed by atoms with Gasteiger partial charge in [-0.1, -0.05) is 20.8 Å². The van der Waals surface area contributed by atoms with Gasteiger partial charge in [0.25, 0.3) is 0 Å². The topological polar surface area (TPSA) is 180 Å². The van der Waals surface area contributed by atoms with Gasteiger partial charge in [0.15, 0.2) is 6.29 Å². The average Bonchev–Trinajstić information content (AvgIpc) is 2.56. The molecule has 0 radical (unpaired) electrons. The summed E-state index contributed by atoms with van der Waals surface area (Å²) in [6, 6.07) is 0. The molecule has 0 bridgehead atoms. The largest absolute Gasteiger partial charge is 0.394 e.